The van der Waals surface area contributed by atoms with E-state index in [1.165, 1.54) is 4.90 Å². The Balaban J connectivity index is 0.000000642. The van der Waals surface area contributed by atoms with Crippen LogP contribution < -0.4 is 5.32 Å². The maximum atomic E-state index is 12.9. The van der Waals surface area contributed by atoms with Crippen molar-refractivity contribution in [2.45, 2.75) is 57.2 Å². The number of carboxylic acid groups (broad SMARTS) is 3. The fraction of sp³-hybridized carbons (Fsp3) is 0.367. The van der Waals surface area contributed by atoms with Gasteiger partial charge >= 0.3 is 23.9 Å². The van der Waals surface area contributed by atoms with Crippen molar-refractivity contribution in [2.75, 3.05) is 13.2 Å². The molecular weight excluding hydrogens is 532 g/mol. The summed E-state index contributed by atoms with van der Waals surface area (Å²) in [5.41, 5.74) is 2.17. The lowest BCUT2D eigenvalue weighted by Gasteiger charge is -2.28. The molecule has 0 saturated carbocycles. The van der Waals surface area contributed by atoms with Crippen LogP contribution in [-0.4, -0.2) is 81.3 Å². The summed E-state index contributed by atoms with van der Waals surface area (Å²) in [5, 5.41) is 28.1. The Morgan fingerprint density at radius 3 is 1.95 bits per heavy atom. The maximum Gasteiger partial charge on any atom is 0.328 e. The van der Waals surface area contributed by atoms with Gasteiger partial charge in [-0.2, -0.15) is 0 Å². The number of benzene rings is 2. The standard InChI is InChI=1S/C26H32N2O5.C4H4O4/c1-19(24(29)28-17-8-13-23(28)25(30)31)27-22(15-14-20-9-4-2-5-10-20)26(32)33-18-16-21-11-6-3-7-12-21;5-3(6)1-2-4(7)8/h2-7,9-12,19,22-23,27H,8,13-18H2,1H3,(H,30,31);1-2H,(H,5,6)(H,7,8)/b;2-1-/t19-,22-,23-;/m0./s1. The summed E-state index contributed by atoms with van der Waals surface area (Å²) in [4.78, 5) is 57.8. The summed E-state index contributed by atoms with van der Waals surface area (Å²) < 4.78 is 5.54. The lowest BCUT2D eigenvalue weighted by molar-refractivity contribution is -0.150. The van der Waals surface area contributed by atoms with Gasteiger partial charge in [0, 0.05) is 25.1 Å². The highest BCUT2D eigenvalue weighted by molar-refractivity contribution is 5.89. The number of nitrogens with zero attached hydrogens (tertiary/aromatic N) is 1. The number of ether oxygens (including phenoxy) is 1. The Labute approximate surface area is 238 Å². The van der Waals surface area contributed by atoms with Gasteiger partial charge in [0.05, 0.1) is 12.6 Å². The van der Waals surface area contributed by atoms with E-state index >= 15 is 0 Å². The van der Waals surface area contributed by atoms with E-state index in [9.17, 15) is 29.1 Å². The summed E-state index contributed by atoms with van der Waals surface area (Å²) in [6, 6.07) is 17.4. The van der Waals surface area contributed by atoms with Crippen LogP contribution in [0.5, 0.6) is 0 Å². The Kier molecular flexibility index (Phi) is 13.7. The van der Waals surface area contributed by atoms with Gasteiger partial charge in [0.25, 0.3) is 0 Å². The first kappa shape index (κ1) is 32.7. The lowest BCUT2D eigenvalue weighted by atomic mass is 10.0. The molecule has 0 aromatic heterocycles. The summed E-state index contributed by atoms with van der Waals surface area (Å²) in [6.45, 7) is 2.34. The predicted molar refractivity (Wildman–Crippen MR) is 149 cm³/mol. The normalized spacial score (nSPS) is 15.8. The van der Waals surface area contributed by atoms with E-state index < -0.39 is 42.0 Å². The molecule has 2 aromatic carbocycles. The highest BCUT2D eigenvalue weighted by Gasteiger charge is 2.37. The molecule has 2 aromatic rings. The van der Waals surface area contributed by atoms with Gasteiger partial charge in [-0.1, -0.05) is 60.7 Å². The third kappa shape index (κ3) is 12.0. The number of carbonyl (C=O) groups is 5. The topological polar surface area (TPSA) is 171 Å². The minimum Gasteiger partial charge on any atom is -0.480 e. The fourth-order valence-electron chi connectivity index (χ4n) is 4.29. The number of likely N-dealkylation sites (tertiary alicyclic amines) is 1. The first-order valence-electron chi connectivity index (χ1n) is 13.3. The van der Waals surface area contributed by atoms with Gasteiger partial charge in [-0.25, -0.2) is 14.4 Å². The number of aryl methyl sites for hydroxylation is 1. The van der Waals surface area contributed by atoms with Gasteiger partial charge in [0.1, 0.15) is 12.1 Å². The Morgan fingerprint density at radius 2 is 1.44 bits per heavy atom. The van der Waals surface area contributed by atoms with Crippen molar-refractivity contribution in [3.63, 3.8) is 0 Å². The number of carboxylic acids is 3. The monoisotopic (exact) mass is 568 g/mol. The summed E-state index contributed by atoms with van der Waals surface area (Å²) in [5.74, 6) is -4.21. The SMILES string of the molecule is C[C@H](N[C@@H](CCc1ccccc1)C(=O)OCCc1ccccc1)C(=O)N1CCC[C@H]1C(=O)O.O=C(O)/C=C\C(=O)O. The van der Waals surface area contributed by atoms with Crippen LogP contribution in [0.4, 0.5) is 0 Å². The zero-order valence-electron chi connectivity index (χ0n) is 22.8. The molecule has 220 valence electrons. The number of nitrogens with one attached hydrogen (secondary N) is 1. The van der Waals surface area contributed by atoms with E-state index in [2.05, 4.69) is 5.32 Å². The number of rotatable bonds is 13. The molecule has 41 heavy (non-hydrogen) atoms. The minimum absolute atomic E-state index is 0.252. The second-order valence-corrected chi connectivity index (χ2v) is 9.41. The first-order chi connectivity index (χ1) is 19.6. The van der Waals surface area contributed by atoms with Crippen LogP contribution in [0.15, 0.2) is 72.8 Å². The average molecular weight is 569 g/mol. The summed E-state index contributed by atoms with van der Waals surface area (Å²) in [6.07, 6.45) is 3.95. The third-order valence-electron chi connectivity index (χ3n) is 6.34. The van der Waals surface area contributed by atoms with Crippen LogP contribution in [0.3, 0.4) is 0 Å². The van der Waals surface area contributed by atoms with Gasteiger partial charge in [-0.15, -0.1) is 0 Å². The third-order valence-corrected chi connectivity index (χ3v) is 6.34. The second kappa shape index (κ2) is 17.2. The quantitative estimate of drug-likeness (QED) is 0.208. The molecule has 3 atom stereocenters. The van der Waals surface area contributed by atoms with Crippen molar-refractivity contribution < 1.29 is 44.0 Å². The average Bonchev–Trinajstić information content (AvgIpc) is 3.45. The molecule has 0 bridgehead atoms. The van der Waals surface area contributed by atoms with Gasteiger partial charge in [0.15, 0.2) is 0 Å². The molecule has 3 rings (SSSR count). The number of hydrogen-bond donors (Lipinski definition) is 4. The second-order valence-electron chi connectivity index (χ2n) is 9.41. The van der Waals surface area contributed by atoms with E-state index in [1.54, 1.807) is 6.92 Å². The highest BCUT2D eigenvalue weighted by Crippen LogP contribution is 2.19. The molecule has 0 spiro atoms. The summed E-state index contributed by atoms with van der Waals surface area (Å²) >= 11 is 0. The summed E-state index contributed by atoms with van der Waals surface area (Å²) in [7, 11) is 0. The predicted octanol–water partition coefficient (Wildman–Crippen LogP) is 2.54. The van der Waals surface area contributed by atoms with Gasteiger partial charge in [-0.05, 0) is 43.7 Å². The van der Waals surface area contributed by atoms with Crippen LogP contribution in [0.2, 0.25) is 0 Å². The Morgan fingerprint density at radius 1 is 0.902 bits per heavy atom. The number of carbonyl (C=O) groups excluding carboxylic acids is 2. The Hall–Kier alpha value is -4.51. The molecular formula is C30H36N2O9. The zero-order chi connectivity index (χ0) is 30.2. The molecule has 1 saturated heterocycles. The maximum absolute atomic E-state index is 12.9. The molecule has 1 heterocycles. The van der Waals surface area contributed by atoms with Gasteiger partial charge < -0.3 is 25.0 Å². The largest absolute Gasteiger partial charge is 0.480 e. The van der Waals surface area contributed by atoms with Crippen molar-refractivity contribution >= 4 is 29.8 Å². The molecule has 0 aliphatic carbocycles. The molecule has 1 amide bonds. The van der Waals surface area contributed by atoms with Crippen LogP contribution >= 0.6 is 0 Å². The van der Waals surface area contributed by atoms with Crippen LogP contribution in [0, 0.1) is 0 Å². The number of amides is 1. The minimum atomic E-state index is -1.26. The van der Waals surface area contributed by atoms with E-state index in [-0.39, 0.29) is 12.5 Å². The van der Waals surface area contributed by atoms with Crippen LogP contribution in [0.25, 0.3) is 0 Å². The molecule has 1 aliphatic rings. The van der Waals surface area contributed by atoms with Crippen molar-refractivity contribution in [3.8, 4) is 0 Å². The molecule has 0 radical (unpaired) electrons. The van der Waals surface area contributed by atoms with E-state index in [0.29, 0.717) is 50.8 Å². The lowest BCUT2D eigenvalue weighted by Crippen LogP contribution is -2.53. The molecule has 0 unspecified atom stereocenters. The number of aliphatic carboxylic acids is 3. The zero-order valence-corrected chi connectivity index (χ0v) is 22.8. The molecule has 11 nitrogen and oxygen atoms in total. The highest BCUT2D eigenvalue weighted by atomic mass is 16.5. The smallest absolute Gasteiger partial charge is 0.328 e. The van der Waals surface area contributed by atoms with Gasteiger partial charge in [-0.3, -0.25) is 14.9 Å². The van der Waals surface area contributed by atoms with Crippen LogP contribution in [-0.2, 0) is 41.6 Å². The number of hydrogen-bond acceptors (Lipinski definition) is 7. The van der Waals surface area contributed by atoms with Gasteiger partial charge in [0.2, 0.25) is 5.91 Å². The van der Waals surface area contributed by atoms with Crippen LogP contribution in [0.1, 0.15) is 37.3 Å². The Bertz CT molecular complexity index is 1170. The van der Waals surface area contributed by atoms with Crippen molar-refractivity contribution in [1.82, 2.24) is 10.2 Å². The van der Waals surface area contributed by atoms with Crippen molar-refractivity contribution in [3.05, 3.63) is 83.9 Å². The molecule has 4 N–H and O–H groups in total. The van der Waals surface area contributed by atoms with E-state index in [4.69, 9.17) is 14.9 Å². The number of esters is 1. The molecule has 11 heteroatoms. The molecule has 1 fully saturated rings. The first-order valence-corrected chi connectivity index (χ1v) is 13.3. The van der Waals surface area contributed by atoms with E-state index in [0.717, 1.165) is 11.1 Å². The van der Waals surface area contributed by atoms with Crippen molar-refractivity contribution in [2.24, 2.45) is 0 Å². The fourth-order valence-corrected chi connectivity index (χ4v) is 4.29. The van der Waals surface area contributed by atoms with E-state index in [1.807, 2.05) is 60.7 Å². The molecule has 1 aliphatic heterocycles. The van der Waals surface area contributed by atoms with Crippen molar-refractivity contribution in [1.29, 1.82) is 0 Å².